The van der Waals surface area contributed by atoms with Crippen LogP contribution in [0.2, 0.25) is 0 Å². The minimum Gasteiger partial charge on any atom is -0.482 e. The molecule has 0 spiro atoms. The number of carbonyl (C=O) groups excluding carboxylic acids is 1. The van der Waals surface area contributed by atoms with Crippen molar-refractivity contribution in [3.8, 4) is 0 Å². The van der Waals surface area contributed by atoms with E-state index in [-0.39, 0.29) is 11.7 Å². The Bertz CT molecular complexity index is 291. The van der Waals surface area contributed by atoms with Crippen molar-refractivity contribution in [3.05, 3.63) is 11.7 Å². The molecule has 6 heteroatoms. The molecule has 0 unspecified atom stereocenters. The molecule has 21 heavy (non-hydrogen) atoms. The van der Waals surface area contributed by atoms with Gasteiger partial charge in [0.15, 0.2) is 0 Å². The number of hydrogen-bond donors (Lipinski definition) is 0. The zero-order valence-electron chi connectivity index (χ0n) is 13.6. The topological polar surface area (TPSA) is 63.2 Å². The van der Waals surface area contributed by atoms with Crippen LogP contribution in [0.25, 0.3) is 0 Å². The van der Waals surface area contributed by atoms with Crippen molar-refractivity contribution in [2.45, 2.75) is 53.4 Å². The molecule has 0 aromatic rings. The van der Waals surface area contributed by atoms with Gasteiger partial charge < -0.3 is 14.2 Å². The van der Waals surface area contributed by atoms with Crippen LogP contribution < -0.4 is 0 Å². The van der Waals surface area contributed by atoms with E-state index in [9.17, 15) is 4.79 Å². The van der Waals surface area contributed by atoms with Crippen molar-refractivity contribution in [1.82, 2.24) is 0 Å². The summed E-state index contributed by atoms with van der Waals surface area (Å²) in [4.78, 5) is 21.5. The fraction of sp³-hybridized carbons (Fsp3) is 0.800. The zero-order valence-corrected chi connectivity index (χ0v) is 13.6. The lowest BCUT2D eigenvalue weighted by molar-refractivity contribution is -0.271. The largest absolute Gasteiger partial charge is 0.482 e. The van der Waals surface area contributed by atoms with Gasteiger partial charge in [-0.2, -0.15) is 4.89 Å². The normalized spacial score (nSPS) is 9.90. The van der Waals surface area contributed by atoms with Gasteiger partial charge in [-0.1, -0.05) is 27.7 Å². The lowest BCUT2D eigenvalue weighted by Gasteiger charge is -2.15. The van der Waals surface area contributed by atoms with Gasteiger partial charge in [-0.05, 0) is 25.7 Å². The first-order valence-corrected chi connectivity index (χ1v) is 7.67. The quantitative estimate of drug-likeness (QED) is 0.171. The molecule has 0 fully saturated rings. The van der Waals surface area contributed by atoms with E-state index < -0.39 is 5.97 Å². The van der Waals surface area contributed by atoms with Crippen LogP contribution in [0.5, 0.6) is 0 Å². The molecule has 0 aromatic carbocycles. The Balaban J connectivity index is 4.92. The SMILES string of the molecule is CCCOOC(=O)C(OCCC)=C(OCCC)OCCC. The van der Waals surface area contributed by atoms with Crippen molar-refractivity contribution < 1.29 is 28.8 Å². The second-order valence-electron chi connectivity index (χ2n) is 4.35. The predicted octanol–water partition coefficient (Wildman–Crippen LogP) is 3.32. The highest BCUT2D eigenvalue weighted by Crippen LogP contribution is 2.14. The van der Waals surface area contributed by atoms with E-state index in [0.717, 1.165) is 25.7 Å². The minimum absolute atomic E-state index is 0.0669. The third-order valence-corrected chi connectivity index (χ3v) is 2.12. The van der Waals surface area contributed by atoms with Gasteiger partial charge in [0.05, 0.1) is 26.4 Å². The van der Waals surface area contributed by atoms with Crippen molar-refractivity contribution in [2.75, 3.05) is 26.4 Å². The predicted molar refractivity (Wildman–Crippen MR) is 78.1 cm³/mol. The summed E-state index contributed by atoms with van der Waals surface area (Å²) in [6.45, 7) is 9.34. The second-order valence-corrected chi connectivity index (χ2v) is 4.35. The Morgan fingerprint density at radius 1 is 0.714 bits per heavy atom. The summed E-state index contributed by atoms with van der Waals surface area (Å²) >= 11 is 0. The van der Waals surface area contributed by atoms with Crippen molar-refractivity contribution >= 4 is 5.97 Å². The van der Waals surface area contributed by atoms with Gasteiger partial charge in [-0.3, -0.25) is 4.89 Å². The minimum atomic E-state index is -0.737. The van der Waals surface area contributed by atoms with Crippen LogP contribution in [0.15, 0.2) is 11.7 Å². The Morgan fingerprint density at radius 3 is 1.67 bits per heavy atom. The van der Waals surface area contributed by atoms with Gasteiger partial charge in [-0.25, -0.2) is 4.79 Å². The van der Waals surface area contributed by atoms with Crippen LogP contribution in [0.3, 0.4) is 0 Å². The summed E-state index contributed by atoms with van der Waals surface area (Å²) in [5.41, 5.74) is 0. The summed E-state index contributed by atoms with van der Waals surface area (Å²) in [6, 6.07) is 0. The molecule has 6 nitrogen and oxygen atoms in total. The van der Waals surface area contributed by atoms with Crippen LogP contribution >= 0.6 is 0 Å². The van der Waals surface area contributed by atoms with Crippen LogP contribution in [0, 0.1) is 0 Å². The van der Waals surface area contributed by atoms with E-state index in [1.165, 1.54) is 0 Å². The van der Waals surface area contributed by atoms with Gasteiger partial charge in [0.1, 0.15) is 0 Å². The Labute approximate surface area is 127 Å². The second kappa shape index (κ2) is 13.5. The highest BCUT2D eigenvalue weighted by atomic mass is 17.2. The number of hydrogen-bond acceptors (Lipinski definition) is 6. The molecule has 0 N–H and O–H groups in total. The van der Waals surface area contributed by atoms with Gasteiger partial charge in [-0.15, -0.1) is 0 Å². The molecule has 0 atom stereocenters. The first-order valence-electron chi connectivity index (χ1n) is 7.67. The van der Waals surface area contributed by atoms with E-state index in [2.05, 4.69) is 0 Å². The van der Waals surface area contributed by atoms with Gasteiger partial charge in [0, 0.05) is 0 Å². The molecule has 0 aliphatic carbocycles. The van der Waals surface area contributed by atoms with Crippen molar-refractivity contribution in [1.29, 1.82) is 0 Å². The number of rotatable bonds is 13. The number of carbonyl (C=O) groups is 1. The third kappa shape index (κ3) is 9.18. The first kappa shape index (κ1) is 19.6. The summed E-state index contributed by atoms with van der Waals surface area (Å²) in [5.74, 6) is -0.744. The van der Waals surface area contributed by atoms with Gasteiger partial charge in [0.2, 0.25) is 0 Å². The highest BCUT2D eigenvalue weighted by molar-refractivity contribution is 5.86. The van der Waals surface area contributed by atoms with E-state index in [4.69, 9.17) is 24.0 Å². The lowest BCUT2D eigenvalue weighted by Crippen LogP contribution is -2.17. The Morgan fingerprint density at radius 2 is 1.19 bits per heavy atom. The monoisotopic (exact) mass is 304 g/mol. The third-order valence-electron chi connectivity index (χ3n) is 2.12. The fourth-order valence-electron chi connectivity index (χ4n) is 1.18. The molecule has 0 saturated heterocycles. The summed E-state index contributed by atoms with van der Waals surface area (Å²) in [6.07, 6.45) is 3.08. The van der Waals surface area contributed by atoms with E-state index in [0.29, 0.717) is 26.4 Å². The highest BCUT2D eigenvalue weighted by Gasteiger charge is 2.23. The maximum Gasteiger partial charge on any atom is 0.414 e. The molecule has 0 aliphatic rings. The Kier molecular flexibility index (Phi) is 12.6. The molecule has 0 radical (unpaired) electrons. The molecule has 0 bridgehead atoms. The van der Waals surface area contributed by atoms with Crippen LogP contribution in [-0.4, -0.2) is 32.4 Å². The van der Waals surface area contributed by atoms with E-state index in [1.54, 1.807) is 0 Å². The average molecular weight is 304 g/mol. The van der Waals surface area contributed by atoms with Crippen LogP contribution in [-0.2, 0) is 28.8 Å². The molecule has 0 aromatic heterocycles. The van der Waals surface area contributed by atoms with Crippen LogP contribution in [0.1, 0.15) is 53.4 Å². The van der Waals surface area contributed by atoms with Crippen molar-refractivity contribution in [3.63, 3.8) is 0 Å². The standard InChI is InChI=1S/C15H28O6/c1-5-9-17-13(14(16)21-20-12-8-4)15(18-10-6-2)19-11-7-3/h5-12H2,1-4H3. The van der Waals surface area contributed by atoms with Crippen LogP contribution in [0.4, 0.5) is 0 Å². The van der Waals surface area contributed by atoms with Gasteiger partial charge in [0.25, 0.3) is 5.76 Å². The molecular formula is C15H28O6. The molecule has 0 rings (SSSR count). The summed E-state index contributed by atoms with van der Waals surface area (Å²) in [5, 5.41) is 0. The number of ether oxygens (including phenoxy) is 3. The molecular weight excluding hydrogens is 276 g/mol. The molecule has 124 valence electrons. The maximum atomic E-state index is 12.0. The smallest absolute Gasteiger partial charge is 0.414 e. The zero-order chi connectivity index (χ0) is 15.9. The van der Waals surface area contributed by atoms with E-state index >= 15 is 0 Å². The summed E-state index contributed by atoms with van der Waals surface area (Å²) < 4.78 is 16.3. The average Bonchev–Trinajstić information content (AvgIpc) is 2.49. The molecule has 0 saturated carbocycles. The Hall–Kier alpha value is -1.43. The lowest BCUT2D eigenvalue weighted by atomic mass is 10.4. The summed E-state index contributed by atoms with van der Waals surface area (Å²) in [7, 11) is 0. The molecule has 0 heterocycles. The molecule has 0 aliphatic heterocycles. The molecule has 0 amide bonds. The van der Waals surface area contributed by atoms with Crippen molar-refractivity contribution in [2.24, 2.45) is 0 Å². The first-order chi connectivity index (χ1) is 10.2. The fourth-order valence-corrected chi connectivity index (χ4v) is 1.18. The maximum absolute atomic E-state index is 12.0. The van der Waals surface area contributed by atoms with Gasteiger partial charge >= 0.3 is 11.9 Å². The van der Waals surface area contributed by atoms with E-state index in [1.807, 2.05) is 27.7 Å².